The Bertz CT molecular complexity index is 913. The fourth-order valence-corrected chi connectivity index (χ4v) is 4.11. The monoisotopic (exact) mass is 462 g/mol. The smallest absolute Gasteiger partial charge is 0.191 e. The fourth-order valence-electron chi connectivity index (χ4n) is 2.33. The van der Waals surface area contributed by atoms with Gasteiger partial charge in [-0.2, -0.15) is 0 Å². The Labute approximate surface area is 192 Å². The predicted octanol–water partition coefficient (Wildman–Crippen LogP) is 6.28. The first-order valence-corrected chi connectivity index (χ1v) is 11.9. The van der Waals surface area contributed by atoms with Crippen LogP contribution in [0.5, 0.6) is 0 Å². The van der Waals surface area contributed by atoms with Crippen molar-refractivity contribution in [1.82, 2.24) is 9.97 Å². The van der Waals surface area contributed by atoms with E-state index in [0.29, 0.717) is 28.4 Å². The number of benzene rings is 2. The fraction of sp³-hybridized carbons (Fsp3) is 0.273. The second-order valence-corrected chi connectivity index (χ2v) is 8.18. The van der Waals surface area contributed by atoms with Crippen molar-refractivity contribution in [3.05, 3.63) is 70.7 Å². The summed E-state index contributed by atoms with van der Waals surface area (Å²) in [5, 5.41) is 13.5. The van der Waals surface area contributed by atoms with E-state index in [2.05, 4.69) is 32.1 Å². The van der Waals surface area contributed by atoms with Gasteiger partial charge in [0, 0.05) is 23.3 Å². The van der Waals surface area contributed by atoms with Gasteiger partial charge in [0.1, 0.15) is 11.6 Å². The van der Waals surface area contributed by atoms with Crippen molar-refractivity contribution in [1.29, 1.82) is 0 Å². The number of rotatable bonds is 9. The predicted molar refractivity (Wildman–Crippen MR) is 131 cm³/mol. The molecule has 0 aliphatic carbocycles. The Kier molecular flexibility index (Phi) is 10.9. The van der Waals surface area contributed by atoms with Crippen LogP contribution in [0.4, 0.5) is 11.6 Å². The molecule has 1 aromatic heterocycles. The molecule has 2 aromatic carbocycles. The molecule has 0 bridgehead atoms. The van der Waals surface area contributed by atoms with Gasteiger partial charge >= 0.3 is 0 Å². The van der Waals surface area contributed by atoms with Crippen LogP contribution in [0, 0.1) is 6.92 Å². The molecule has 0 radical (unpaired) electrons. The zero-order valence-electron chi connectivity index (χ0n) is 17.4. The van der Waals surface area contributed by atoms with Crippen molar-refractivity contribution < 1.29 is 5.11 Å². The molecule has 1 heterocycles. The zero-order chi connectivity index (χ0) is 21.8. The Morgan fingerprint density at radius 1 is 1.00 bits per heavy atom. The number of hydrogen-bond donors (Lipinski definition) is 3. The van der Waals surface area contributed by atoms with E-state index in [1.165, 1.54) is 17.5 Å². The van der Waals surface area contributed by atoms with Gasteiger partial charge in [-0.05, 0) is 42.1 Å². The third kappa shape index (κ3) is 8.07. The molecule has 3 N–H and O–H groups in total. The minimum absolute atomic E-state index is 0.0346. The summed E-state index contributed by atoms with van der Waals surface area (Å²) in [5.74, 6) is 2.12. The molecule has 0 unspecified atom stereocenters. The van der Waals surface area contributed by atoms with Crippen molar-refractivity contribution in [3.63, 3.8) is 0 Å². The number of halogens is 1. The van der Waals surface area contributed by atoms with Gasteiger partial charge in [-0.1, -0.05) is 73.6 Å². The Morgan fingerprint density at radius 3 is 2.47 bits per heavy atom. The molecule has 0 spiro atoms. The van der Waals surface area contributed by atoms with E-state index in [9.17, 15) is 0 Å². The number of aliphatic hydroxyl groups excluding tert-OH is 1. The van der Waals surface area contributed by atoms with Crippen molar-refractivity contribution in [3.8, 4) is 0 Å². The van der Waals surface area contributed by atoms with Crippen LogP contribution >= 0.6 is 35.3 Å². The molecule has 5 nitrogen and oxygen atoms in total. The minimum atomic E-state index is 0.0346. The summed E-state index contributed by atoms with van der Waals surface area (Å²) in [7, 11) is 0. The van der Waals surface area contributed by atoms with Crippen LogP contribution < -0.4 is 10.0 Å². The normalized spacial score (nSPS) is 10.2. The first-order valence-electron chi connectivity index (χ1n) is 9.73. The second kappa shape index (κ2) is 13.4. The van der Waals surface area contributed by atoms with E-state index in [4.69, 9.17) is 16.7 Å². The molecular formula is C22H27ClN4OS2. The van der Waals surface area contributed by atoms with Gasteiger partial charge in [-0.15, -0.1) is 0 Å². The van der Waals surface area contributed by atoms with Crippen LogP contribution in [0.25, 0.3) is 0 Å². The molecule has 0 atom stereocenters. The molecular weight excluding hydrogens is 436 g/mol. The van der Waals surface area contributed by atoms with Gasteiger partial charge in [-0.25, -0.2) is 9.97 Å². The molecule has 0 fully saturated rings. The second-order valence-electron chi connectivity index (χ2n) is 5.98. The van der Waals surface area contributed by atoms with Crippen molar-refractivity contribution in [2.24, 2.45) is 0 Å². The van der Waals surface area contributed by atoms with E-state index >= 15 is 0 Å². The van der Waals surface area contributed by atoms with Crippen molar-refractivity contribution in [2.45, 2.75) is 36.6 Å². The van der Waals surface area contributed by atoms with E-state index in [1.54, 1.807) is 11.8 Å². The maximum absolute atomic E-state index is 9.08. The number of aliphatic hydroxyl groups is 1. The van der Waals surface area contributed by atoms with Gasteiger partial charge in [0.05, 0.1) is 11.6 Å². The molecule has 160 valence electrons. The summed E-state index contributed by atoms with van der Waals surface area (Å²) >= 11 is 9.25. The minimum Gasteiger partial charge on any atom is -0.395 e. The lowest BCUT2D eigenvalue weighted by Gasteiger charge is -2.11. The highest BCUT2D eigenvalue weighted by molar-refractivity contribution is 8.00. The summed E-state index contributed by atoms with van der Waals surface area (Å²) in [5.41, 5.74) is 2.35. The largest absolute Gasteiger partial charge is 0.395 e. The molecule has 3 rings (SSSR count). The average molecular weight is 463 g/mol. The molecule has 0 aliphatic rings. The Balaban J connectivity index is 0.00000155. The lowest BCUT2D eigenvalue weighted by Crippen LogP contribution is -2.08. The SMILES string of the molecule is CC.Cc1ccc(Cl)c(SNc2cc(NCCO)nc(SCc3ccccc3)n2)c1. The summed E-state index contributed by atoms with van der Waals surface area (Å²) < 4.78 is 3.25. The third-order valence-electron chi connectivity index (χ3n) is 3.69. The first-order chi connectivity index (χ1) is 14.6. The quantitative estimate of drug-likeness (QED) is 0.196. The van der Waals surface area contributed by atoms with E-state index in [1.807, 2.05) is 63.2 Å². The lowest BCUT2D eigenvalue weighted by atomic mass is 10.2. The maximum Gasteiger partial charge on any atom is 0.191 e. The van der Waals surface area contributed by atoms with Gasteiger partial charge < -0.3 is 15.1 Å². The summed E-state index contributed by atoms with van der Waals surface area (Å²) in [6.07, 6.45) is 0. The van der Waals surface area contributed by atoms with Crippen molar-refractivity contribution >= 4 is 46.9 Å². The number of thioether (sulfide) groups is 1. The van der Waals surface area contributed by atoms with Crippen LogP contribution in [0.2, 0.25) is 5.02 Å². The highest BCUT2D eigenvalue weighted by atomic mass is 35.5. The number of anilines is 2. The number of hydrogen-bond acceptors (Lipinski definition) is 7. The third-order valence-corrected chi connectivity index (χ3v) is 5.92. The van der Waals surface area contributed by atoms with Crippen LogP contribution in [0.15, 0.2) is 64.6 Å². The highest BCUT2D eigenvalue weighted by Crippen LogP contribution is 2.30. The standard InChI is InChI=1S/C20H21ClN4OS2.C2H6/c1-14-7-8-16(21)17(11-14)28-25-19-12-18(22-9-10-26)23-20(24-19)27-13-15-5-3-2-4-6-15;1-2/h2-8,11-12,26H,9-10,13H2,1H3,(H2,22,23,24,25);1-2H3. The van der Waals surface area contributed by atoms with Gasteiger partial charge in [-0.3, -0.25) is 0 Å². The molecule has 8 heteroatoms. The van der Waals surface area contributed by atoms with Crippen LogP contribution in [-0.2, 0) is 5.75 Å². The Hall–Kier alpha value is -1.93. The summed E-state index contributed by atoms with van der Waals surface area (Å²) in [6, 6.07) is 17.9. The van der Waals surface area contributed by atoms with Crippen LogP contribution in [-0.4, -0.2) is 28.2 Å². The highest BCUT2D eigenvalue weighted by Gasteiger charge is 2.08. The number of aromatic nitrogens is 2. The lowest BCUT2D eigenvalue weighted by molar-refractivity contribution is 0.311. The molecule has 3 aromatic rings. The number of nitrogens with one attached hydrogen (secondary N) is 2. The van der Waals surface area contributed by atoms with Crippen molar-refractivity contribution in [2.75, 3.05) is 23.2 Å². The summed E-state index contributed by atoms with van der Waals surface area (Å²) in [6.45, 7) is 6.49. The van der Waals surface area contributed by atoms with Gasteiger partial charge in [0.15, 0.2) is 5.16 Å². The molecule has 0 amide bonds. The Morgan fingerprint density at radius 2 is 1.73 bits per heavy atom. The topological polar surface area (TPSA) is 70.1 Å². The van der Waals surface area contributed by atoms with E-state index < -0.39 is 0 Å². The maximum atomic E-state index is 9.08. The van der Waals surface area contributed by atoms with Crippen LogP contribution in [0.1, 0.15) is 25.0 Å². The summed E-state index contributed by atoms with van der Waals surface area (Å²) in [4.78, 5) is 10.1. The zero-order valence-corrected chi connectivity index (χ0v) is 19.7. The van der Waals surface area contributed by atoms with Crippen LogP contribution in [0.3, 0.4) is 0 Å². The van der Waals surface area contributed by atoms with Gasteiger partial charge in [0.2, 0.25) is 0 Å². The molecule has 0 aliphatic heterocycles. The number of aryl methyl sites for hydroxylation is 1. The average Bonchev–Trinajstić information content (AvgIpc) is 2.79. The van der Waals surface area contributed by atoms with E-state index in [0.717, 1.165) is 16.2 Å². The number of nitrogens with zero attached hydrogens (tertiary/aromatic N) is 2. The first kappa shape index (κ1) is 24.3. The molecule has 30 heavy (non-hydrogen) atoms. The molecule has 0 saturated heterocycles. The molecule has 0 saturated carbocycles. The van der Waals surface area contributed by atoms with Gasteiger partial charge in [0.25, 0.3) is 0 Å². The van der Waals surface area contributed by atoms with E-state index in [-0.39, 0.29) is 6.61 Å².